The van der Waals surface area contributed by atoms with Crippen molar-refractivity contribution in [1.29, 1.82) is 0 Å². The van der Waals surface area contributed by atoms with Crippen molar-refractivity contribution in [3.05, 3.63) is 29.3 Å². The lowest BCUT2D eigenvalue weighted by Crippen LogP contribution is -2.38. The van der Waals surface area contributed by atoms with E-state index in [4.69, 9.17) is 10.5 Å². The van der Waals surface area contributed by atoms with Crippen LogP contribution < -0.4 is 16.4 Å². The van der Waals surface area contributed by atoms with Crippen LogP contribution in [0, 0.1) is 6.92 Å². The Labute approximate surface area is 112 Å². The van der Waals surface area contributed by atoms with Crippen LogP contribution in [-0.4, -0.2) is 25.2 Å². The average molecular weight is 265 g/mol. The SMILES string of the molecule is CCOC(=O)CNC(=O)NCc1c(C)cccc1N. The second-order valence-electron chi connectivity index (χ2n) is 3.98. The Hall–Kier alpha value is -2.24. The zero-order valence-electron chi connectivity index (χ0n) is 11.2. The zero-order chi connectivity index (χ0) is 14.3. The fraction of sp³-hybridized carbons (Fsp3) is 0.385. The molecule has 0 atom stereocenters. The number of carbonyl (C=O) groups is 2. The van der Waals surface area contributed by atoms with E-state index in [0.717, 1.165) is 11.1 Å². The highest BCUT2D eigenvalue weighted by atomic mass is 16.5. The first-order chi connectivity index (χ1) is 9.04. The number of carbonyl (C=O) groups excluding carboxylic acids is 2. The summed E-state index contributed by atoms with van der Waals surface area (Å²) < 4.78 is 4.69. The predicted octanol–water partition coefficient (Wildman–Crippen LogP) is 0.940. The van der Waals surface area contributed by atoms with Gasteiger partial charge in [0.25, 0.3) is 0 Å². The molecule has 6 heteroatoms. The quantitative estimate of drug-likeness (QED) is 0.545. The Morgan fingerprint density at radius 2 is 2.05 bits per heavy atom. The molecule has 0 aliphatic rings. The van der Waals surface area contributed by atoms with Gasteiger partial charge in [-0.05, 0) is 31.0 Å². The van der Waals surface area contributed by atoms with Crippen LogP contribution in [0.3, 0.4) is 0 Å². The molecule has 0 unspecified atom stereocenters. The van der Waals surface area contributed by atoms with Crippen molar-refractivity contribution in [1.82, 2.24) is 10.6 Å². The van der Waals surface area contributed by atoms with Gasteiger partial charge in [-0.25, -0.2) is 4.79 Å². The van der Waals surface area contributed by atoms with E-state index in [-0.39, 0.29) is 6.54 Å². The van der Waals surface area contributed by atoms with Crippen LogP contribution >= 0.6 is 0 Å². The molecule has 1 rings (SSSR count). The number of hydrogen-bond donors (Lipinski definition) is 3. The molecular weight excluding hydrogens is 246 g/mol. The van der Waals surface area contributed by atoms with Crippen molar-refractivity contribution in [2.45, 2.75) is 20.4 Å². The number of aryl methyl sites for hydroxylation is 1. The summed E-state index contributed by atoms with van der Waals surface area (Å²) in [7, 11) is 0. The molecule has 0 fully saturated rings. The topological polar surface area (TPSA) is 93.4 Å². The number of amides is 2. The van der Waals surface area contributed by atoms with Crippen LogP contribution in [-0.2, 0) is 16.1 Å². The molecule has 6 nitrogen and oxygen atoms in total. The Bertz CT molecular complexity index is 440. The largest absolute Gasteiger partial charge is 0.465 e. The summed E-state index contributed by atoms with van der Waals surface area (Å²) in [5.41, 5.74) is 8.33. The number of urea groups is 1. The summed E-state index contributed by atoms with van der Waals surface area (Å²) in [4.78, 5) is 22.5. The highest BCUT2D eigenvalue weighted by Gasteiger charge is 2.07. The molecule has 19 heavy (non-hydrogen) atoms. The minimum Gasteiger partial charge on any atom is -0.465 e. The van der Waals surface area contributed by atoms with Gasteiger partial charge in [0.1, 0.15) is 6.54 Å². The summed E-state index contributed by atoms with van der Waals surface area (Å²) in [5.74, 6) is -0.465. The van der Waals surface area contributed by atoms with Crippen LogP contribution in [0.15, 0.2) is 18.2 Å². The van der Waals surface area contributed by atoms with Crippen LogP contribution in [0.25, 0.3) is 0 Å². The highest BCUT2D eigenvalue weighted by molar-refractivity contribution is 5.80. The molecule has 1 aromatic rings. The van der Waals surface area contributed by atoms with Gasteiger partial charge in [-0.3, -0.25) is 4.79 Å². The van der Waals surface area contributed by atoms with Gasteiger partial charge in [-0.15, -0.1) is 0 Å². The minimum atomic E-state index is -0.465. The Balaban J connectivity index is 2.40. The van der Waals surface area contributed by atoms with Crippen LogP contribution in [0.2, 0.25) is 0 Å². The van der Waals surface area contributed by atoms with Gasteiger partial charge in [0, 0.05) is 12.2 Å². The number of rotatable bonds is 5. The van der Waals surface area contributed by atoms with Crippen molar-refractivity contribution < 1.29 is 14.3 Å². The van der Waals surface area contributed by atoms with E-state index in [0.29, 0.717) is 18.8 Å². The molecule has 4 N–H and O–H groups in total. The number of anilines is 1. The molecule has 1 aromatic carbocycles. The number of nitrogens with two attached hydrogens (primary N) is 1. The monoisotopic (exact) mass is 265 g/mol. The molecule has 0 aliphatic heterocycles. The normalized spacial score (nSPS) is 9.79. The van der Waals surface area contributed by atoms with E-state index in [9.17, 15) is 9.59 Å². The number of hydrogen-bond acceptors (Lipinski definition) is 4. The van der Waals surface area contributed by atoms with Crippen LogP contribution in [0.4, 0.5) is 10.5 Å². The van der Waals surface area contributed by atoms with Crippen molar-refractivity contribution >= 4 is 17.7 Å². The van der Waals surface area contributed by atoms with Gasteiger partial charge in [-0.1, -0.05) is 12.1 Å². The Morgan fingerprint density at radius 1 is 1.32 bits per heavy atom. The first-order valence-electron chi connectivity index (χ1n) is 6.06. The standard InChI is InChI=1S/C13H19N3O3/c1-3-19-12(17)8-16-13(18)15-7-10-9(2)5-4-6-11(10)14/h4-6H,3,7-8,14H2,1-2H3,(H2,15,16,18). The fourth-order valence-electron chi connectivity index (χ4n) is 1.56. The predicted molar refractivity (Wildman–Crippen MR) is 72.5 cm³/mol. The smallest absolute Gasteiger partial charge is 0.325 e. The summed E-state index contributed by atoms with van der Waals surface area (Å²) in [5, 5.41) is 5.05. The maximum atomic E-state index is 11.5. The molecule has 104 valence electrons. The lowest BCUT2D eigenvalue weighted by molar-refractivity contribution is -0.141. The highest BCUT2D eigenvalue weighted by Crippen LogP contribution is 2.15. The van der Waals surface area contributed by atoms with E-state index in [1.807, 2.05) is 19.1 Å². The third-order valence-corrected chi connectivity index (χ3v) is 2.57. The minimum absolute atomic E-state index is 0.150. The third kappa shape index (κ3) is 4.87. The molecule has 0 heterocycles. The molecule has 0 saturated carbocycles. The summed E-state index contributed by atoms with van der Waals surface area (Å²) in [6, 6.07) is 5.12. The lowest BCUT2D eigenvalue weighted by Gasteiger charge is -2.11. The van der Waals surface area contributed by atoms with E-state index < -0.39 is 12.0 Å². The molecule has 0 bridgehead atoms. The van der Waals surface area contributed by atoms with E-state index >= 15 is 0 Å². The molecule has 0 radical (unpaired) electrons. The van der Waals surface area contributed by atoms with Crippen molar-refractivity contribution in [3.63, 3.8) is 0 Å². The molecule has 0 spiro atoms. The van der Waals surface area contributed by atoms with Crippen LogP contribution in [0.5, 0.6) is 0 Å². The number of benzene rings is 1. The molecule has 2 amide bonds. The van der Waals surface area contributed by atoms with Crippen molar-refractivity contribution in [3.8, 4) is 0 Å². The van der Waals surface area contributed by atoms with Gasteiger partial charge in [0.05, 0.1) is 6.61 Å². The Morgan fingerprint density at radius 3 is 2.68 bits per heavy atom. The number of esters is 1. The molecule has 0 saturated heterocycles. The van der Waals surface area contributed by atoms with Gasteiger partial charge >= 0.3 is 12.0 Å². The van der Waals surface area contributed by atoms with Crippen molar-refractivity contribution in [2.24, 2.45) is 0 Å². The van der Waals surface area contributed by atoms with Gasteiger partial charge in [0.15, 0.2) is 0 Å². The van der Waals surface area contributed by atoms with Gasteiger partial charge in [0.2, 0.25) is 0 Å². The Kier molecular flexibility index (Phi) is 5.66. The first-order valence-corrected chi connectivity index (χ1v) is 6.06. The fourth-order valence-corrected chi connectivity index (χ4v) is 1.56. The third-order valence-electron chi connectivity index (χ3n) is 2.57. The van der Waals surface area contributed by atoms with E-state index in [1.165, 1.54) is 0 Å². The second-order valence-corrected chi connectivity index (χ2v) is 3.98. The van der Waals surface area contributed by atoms with Gasteiger partial charge in [-0.2, -0.15) is 0 Å². The molecule has 0 aromatic heterocycles. The summed E-state index contributed by atoms with van der Waals surface area (Å²) in [6.07, 6.45) is 0. The summed E-state index contributed by atoms with van der Waals surface area (Å²) in [6.45, 7) is 4.08. The summed E-state index contributed by atoms with van der Waals surface area (Å²) >= 11 is 0. The first kappa shape index (κ1) is 14.8. The number of ether oxygens (including phenoxy) is 1. The number of nitrogen functional groups attached to an aromatic ring is 1. The average Bonchev–Trinajstić information content (AvgIpc) is 2.36. The second kappa shape index (κ2) is 7.25. The van der Waals surface area contributed by atoms with E-state index in [2.05, 4.69) is 10.6 Å². The van der Waals surface area contributed by atoms with Crippen molar-refractivity contribution in [2.75, 3.05) is 18.9 Å². The van der Waals surface area contributed by atoms with Gasteiger partial charge < -0.3 is 21.1 Å². The maximum Gasteiger partial charge on any atom is 0.325 e. The zero-order valence-corrected chi connectivity index (χ0v) is 11.2. The van der Waals surface area contributed by atoms with Crippen LogP contribution in [0.1, 0.15) is 18.1 Å². The van der Waals surface area contributed by atoms with E-state index in [1.54, 1.807) is 13.0 Å². The maximum absolute atomic E-state index is 11.5. The number of nitrogens with one attached hydrogen (secondary N) is 2. The lowest BCUT2D eigenvalue weighted by atomic mass is 10.1. The molecule has 0 aliphatic carbocycles. The molecular formula is C13H19N3O3.